The molecule has 2 N–H and O–H groups in total. The second-order valence-electron chi connectivity index (χ2n) is 4.71. The van der Waals surface area contributed by atoms with Gasteiger partial charge < -0.3 is 10.5 Å². The average Bonchev–Trinajstić information content (AvgIpc) is 2.47. The predicted octanol–water partition coefficient (Wildman–Crippen LogP) is 3.69. The van der Waals surface area contributed by atoms with Crippen LogP contribution in [0.2, 0.25) is 0 Å². The highest BCUT2D eigenvalue weighted by Crippen LogP contribution is 2.28. The first kappa shape index (κ1) is 15.6. The number of aryl methyl sites for hydroxylation is 1. The minimum atomic E-state index is 0.370. The molecule has 0 aliphatic heterocycles. The topological polar surface area (TPSA) is 35.2 Å². The second kappa shape index (κ2) is 7.87. The first-order chi connectivity index (χ1) is 10.2. The van der Waals surface area contributed by atoms with Crippen molar-refractivity contribution >= 4 is 15.9 Å². The normalized spacial score (nSPS) is 9.86. The Balaban J connectivity index is 2.08. The first-order valence-corrected chi connectivity index (χ1v) is 7.66. The van der Waals surface area contributed by atoms with Gasteiger partial charge in [0.15, 0.2) is 0 Å². The van der Waals surface area contributed by atoms with E-state index in [2.05, 4.69) is 33.8 Å². The molecule has 0 unspecified atom stereocenters. The van der Waals surface area contributed by atoms with Crippen LogP contribution >= 0.6 is 15.9 Å². The highest BCUT2D eigenvalue weighted by molar-refractivity contribution is 9.10. The van der Waals surface area contributed by atoms with E-state index in [1.165, 1.54) is 0 Å². The van der Waals surface area contributed by atoms with Gasteiger partial charge >= 0.3 is 0 Å². The molecule has 0 saturated carbocycles. The standard InChI is InChI=1S/C18H18BrNO/c1-14-12-17(19)13-16(9-10-20)18(14)21-11-5-8-15-6-3-2-4-7-15/h2-4,6-7,12-13H,9-11,20H2,1H3. The summed E-state index contributed by atoms with van der Waals surface area (Å²) in [5.41, 5.74) is 8.87. The van der Waals surface area contributed by atoms with Gasteiger partial charge in [-0.2, -0.15) is 0 Å². The molecule has 21 heavy (non-hydrogen) atoms. The Bertz CT molecular complexity index is 656. The van der Waals surface area contributed by atoms with E-state index in [9.17, 15) is 0 Å². The Labute approximate surface area is 134 Å². The summed E-state index contributed by atoms with van der Waals surface area (Å²) in [6.07, 6.45) is 0.793. The maximum Gasteiger partial charge on any atom is 0.149 e. The molecule has 2 aromatic carbocycles. The summed E-state index contributed by atoms with van der Waals surface area (Å²) in [7, 11) is 0. The smallest absolute Gasteiger partial charge is 0.149 e. The third-order valence-corrected chi connectivity index (χ3v) is 3.48. The van der Waals surface area contributed by atoms with Gasteiger partial charge in [0.2, 0.25) is 0 Å². The van der Waals surface area contributed by atoms with Crippen molar-refractivity contribution in [2.45, 2.75) is 13.3 Å². The van der Waals surface area contributed by atoms with Crippen LogP contribution in [0.25, 0.3) is 0 Å². The third-order valence-electron chi connectivity index (χ3n) is 3.03. The molecule has 2 rings (SSSR count). The number of hydrogen-bond acceptors (Lipinski definition) is 2. The van der Waals surface area contributed by atoms with Gasteiger partial charge in [-0.15, -0.1) is 0 Å². The lowest BCUT2D eigenvalue weighted by Crippen LogP contribution is -2.07. The van der Waals surface area contributed by atoms with Gasteiger partial charge in [0.05, 0.1) is 0 Å². The summed E-state index contributed by atoms with van der Waals surface area (Å²) in [6, 6.07) is 14.0. The molecule has 0 aliphatic carbocycles. The van der Waals surface area contributed by atoms with E-state index in [1.807, 2.05) is 43.3 Å². The van der Waals surface area contributed by atoms with Crippen LogP contribution in [0.1, 0.15) is 16.7 Å². The molecule has 0 radical (unpaired) electrons. The van der Waals surface area contributed by atoms with Crippen molar-refractivity contribution in [3.05, 3.63) is 63.6 Å². The number of nitrogens with two attached hydrogens (primary N) is 1. The van der Waals surface area contributed by atoms with Crippen LogP contribution in [-0.4, -0.2) is 13.2 Å². The van der Waals surface area contributed by atoms with Crippen molar-refractivity contribution in [2.24, 2.45) is 5.73 Å². The lowest BCUT2D eigenvalue weighted by molar-refractivity contribution is 0.363. The van der Waals surface area contributed by atoms with Crippen molar-refractivity contribution in [3.8, 4) is 17.6 Å². The third kappa shape index (κ3) is 4.63. The van der Waals surface area contributed by atoms with Crippen molar-refractivity contribution in [1.29, 1.82) is 0 Å². The number of ether oxygens (including phenoxy) is 1. The van der Waals surface area contributed by atoms with Crippen LogP contribution < -0.4 is 10.5 Å². The molecule has 0 aromatic heterocycles. The van der Waals surface area contributed by atoms with Gasteiger partial charge in [-0.05, 0) is 55.3 Å². The minimum absolute atomic E-state index is 0.370. The van der Waals surface area contributed by atoms with Crippen LogP contribution in [0, 0.1) is 18.8 Å². The average molecular weight is 344 g/mol. The van der Waals surface area contributed by atoms with Crippen molar-refractivity contribution in [1.82, 2.24) is 0 Å². The Hall–Kier alpha value is -1.76. The molecule has 0 fully saturated rings. The van der Waals surface area contributed by atoms with Gasteiger partial charge in [-0.25, -0.2) is 0 Å². The molecular weight excluding hydrogens is 326 g/mol. The fraction of sp³-hybridized carbons (Fsp3) is 0.222. The molecule has 0 saturated heterocycles. The van der Waals surface area contributed by atoms with Gasteiger partial charge in [-0.1, -0.05) is 46.0 Å². The summed E-state index contributed by atoms with van der Waals surface area (Å²) < 4.78 is 6.89. The summed E-state index contributed by atoms with van der Waals surface area (Å²) in [6.45, 7) is 3.00. The number of benzene rings is 2. The minimum Gasteiger partial charge on any atom is -0.480 e. The molecule has 0 spiro atoms. The predicted molar refractivity (Wildman–Crippen MR) is 90.5 cm³/mol. The molecule has 2 aromatic rings. The van der Waals surface area contributed by atoms with Crippen LogP contribution in [-0.2, 0) is 6.42 Å². The van der Waals surface area contributed by atoms with Crippen molar-refractivity contribution in [2.75, 3.05) is 13.2 Å². The monoisotopic (exact) mass is 343 g/mol. The number of rotatable bonds is 4. The van der Waals surface area contributed by atoms with E-state index in [1.54, 1.807) is 0 Å². The SMILES string of the molecule is Cc1cc(Br)cc(CCN)c1OCC#Cc1ccccc1. The Morgan fingerprint density at radius 1 is 1.19 bits per heavy atom. The molecule has 2 nitrogen and oxygen atoms in total. The molecule has 0 heterocycles. The summed E-state index contributed by atoms with van der Waals surface area (Å²) in [5, 5.41) is 0. The van der Waals surface area contributed by atoms with Crippen LogP contribution in [0.3, 0.4) is 0 Å². The highest BCUT2D eigenvalue weighted by Gasteiger charge is 2.08. The van der Waals surface area contributed by atoms with Crippen LogP contribution in [0.5, 0.6) is 5.75 Å². The molecule has 0 amide bonds. The van der Waals surface area contributed by atoms with E-state index in [0.717, 1.165) is 33.3 Å². The molecule has 3 heteroatoms. The molecule has 108 valence electrons. The van der Waals surface area contributed by atoms with Gasteiger partial charge in [0.25, 0.3) is 0 Å². The fourth-order valence-corrected chi connectivity index (χ4v) is 2.73. The van der Waals surface area contributed by atoms with E-state index >= 15 is 0 Å². The molecule has 0 aliphatic rings. The van der Waals surface area contributed by atoms with Gasteiger partial charge in [0, 0.05) is 10.0 Å². The Morgan fingerprint density at radius 3 is 2.67 bits per heavy atom. The van der Waals surface area contributed by atoms with Crippen LogP contribution in [0.4, 0.5) is 0 Å². The van der Waals surface area contributed by atoms with Gasteiger partial charge in [0.1, 0.15) is 12.4 Å². The lowest BCUT2D eigenvalue weighted by atomic mass is 10.1. The van der Waals surface area contributed by atoms with Crippen LogP contribution in [0.15, 0.2) is 46.9 Å². The number of hydrogen-bond donors (Lipinski definition) is 1. The Kier molecular flexibility index (Phi) is 5.86. The van der Waals surface area contributed by atoms with Crippen molar-refractivity contribution in [3.63, 3.8) is 0 Å². The van der Waals surface area contributed by atoms with E-state index in [-0.39, 0.29) is 0 Å². The van der Waals surface area contributed by atoms with E-state index < -0.39 is 0 Å². The van der Waals surface area contributed by atoms with Gasteiger partial charge in [-0.3, -0.25) is 0 Å². The van der Waals surface area contributed by atoms with E-state index in [4.69, 9.17) is 10.5 Å². The quantitative estimate of drug-likeness (QED) is 0.859. The Morgan fingerprint density at radius 2 is 1.95 bits per heavy atom. The van der Waals surface area contributed by atoms with Crippen molar-refractivity contribution < 1.29 is 4.74 Å². The molecule has 0 atom stereocenters. The zero-order valence-corrected chi connectivity index (χ0v) is 13.6. The molecular formula is C18H18BrNO. The zero-order chi connectivity index (χ0) is 15.1. The summed E-state index contributed by atoms with van der Waals surface area (Å²) >= 11 is 3.51. The summed E-state index contributed by atoms with van der Waals surface area (Å²) in [5.74, 6) is 7.03. The highest BCUT2D eigenvalue weighted by atomic mass is 79.9. The maximum absolute atomic E-state index is 5.85. The molecule has 0 bridgehead atoms. The van der Waals surface area contributed by atoms with E-state index in [0.29, 0.717) is 13.2 Å². The summed E-state index contributed by atoms with van der Waals surface area (Å²) in [4.78, 5) is 0. The largest absolute Gasteiger partial charge is 0.480 e. The number of halogens is 1. The second-order valence-corrected chi connectivity index (χ2v) is 5.62. The fourth-order valence-electron chi connectivity index (χ4n) is 2.11. The maximum atomic E-state index is 5.85. The zero-order valence-electron chi connectivity index (χ0n) is 12.0. The lowest BCUT2D eigenvalue weighted by Gasteiger charge is -2.12. The first-order valence-electron chi connectivity index (χ1n) is 6.86.